The Hall–Kier alpha value is -0.970. The Morgan fingerprint density at radius 2 is 2.22 bits per heavy atom. The highest BCUT2D eigenvalue weighted by molar-refractivity contribution is 7.11. The summed E-state index contributed by atoms with van der Waals surface area (Å²) in [6.45, 7) is 3.20. The van der Waals surface area contributed by atoms with E-state index >= 15 is 0 Å². The largest absolute Gasteiger partial charge is 0.306 e. The SMILES string of the molecule is CCc1cnc(CNCc2cc(Cl)ccc2F)s1. The standard InChI is InChI=1S/C13H14ClFN2S/c1-2-11-7-17-13(18-11)8-16-6-9-5-10(14)3-4-12(9)15/h3-5,7,16H,2,6,8H2,1H3. The molecule has 0 amide bonds. The second kappa shape index (κ2) is 6.27. The number of nitrogens with zero attached hydrogens (tertiary/aromatic N) is 1. The minimum Gasteiger partial charge on any atom is -0.306 e. The van der Waals surface area contributed by atoms with Crippen molar-refractivity contribution in [3.05, 3.63) is 50.7 Å². The van der Waals surface area contributed by atoms with Gasteiger partial charge in [-0.3, -0.25) is 0 Å². The fraction of sp³-hybridized carbons (Fsp3) is 0.308. The van der Waals surface area contributed by atoms with Crippen LogP contribution in [0, 0.1) is 5.82 Å². The smallest absolute Gasteiger partial charge is 0.127 e. The average molecular weight is 285 g/mol. The normalized spacial score (nSPS) is 10.8. The second-order valence-electron chi connectivity index (χ2n) is 3.91. The maximum Gasteiger partial charge on any atom is 0.127 e. The summed E-state index contributed by atoms with van der Waals surface area (Å²) in [5.41, 5.74) is 0.578. The van der Waals surface area contributed by atoms with Crippen molar-refractivity contribution in [1.82, 2.24) is 10.3 Å². The summed E-state index contributed by atoms with van der Waals surface area (Å²) in [6, 6.07) is 4.58. The van der Waals surface area contributed by atoms with Crippen LogP contribution in [0.2, 0.25) is 5.02 Å². The molecule has 0 aliphatic carbocycles. The van der Waals surface area contributed by atoms with Crippen molar-refractivity contribution in [2.75, 3.05) is 0 Å². The molecule has 0 radical (unpaired) electrons. The van der Waals surface area contributed by atoms with E-state index in [1.807, 2.05) is 6.20 Å². The van der Waals surface area contributed by atoms with Gasteiger partial charge in [0.1, 0.15) is 10.8 Å². The summed E-state index contributed by atoms with van der Waals surface area (Å²) < 4.78 is 13.4. The van der Waals surface area contributed by atoms with E-state index in [-0.39, 0.29) is 5.82 Å². The Kier molecular flexibility index (Phi) is 4.69. The summed E-state index contributed by atoms with van der Waals surface area (Å²) >= 11 is 7.51. The highest BCUT2D eigenvalue weighted by Crippen LogP contribution is 2.16. The molecule has 2 rings (SSSR count). The zero-order valence-corrected chi connectivity index (χ0v) is 11.6. The number of aryl methyl sites for hydroxylation is 1. The van der Waals surface area contributed by atoms with Gasteiger partial charge in [0.05, 0.1) is 0 Å². The van der Waals surface area contributed by atoms with Gasteiger partial charge in [-0.1, -0.05) is 18.5 Å². The molecular formula is C13H14ClFN2S. The lowest BCUT2D eigenvalue weighted by molar-refractivity contribution is 0.587. The fourth-order valence-electron chi connectivity index (χ4n) is 1.58. The quantitative estimate of drug-likeness (QED) is 0.904. The molecule has 5 heteroatoms. The van der Waals surface area contributed by atoms with Gasteiger partial charge in [-0.25, -0.2) is 9.37 Å². The highest BCUT2D eigenvalue weighted by atomic mass is 35.5. The third-order valence-electron chi connectivity index (χ3n) is 2.55. The van der Waals surface area contributed by atoms with Gasteiger partial charge in [-0.2, -0.15) is 0 Å². The van der Waals surface area contributed by atoms with Crippen LogP contribution in [0.15, 0.2) is 24.4 Å². The topological polar surface area (TPSA) is 24.9 Å². The van der Waals surface area contributed by atoms with Crippen molar-refractivity contribution in [3.8, 4) is 0 Å². The molecule has 0 saturated heterocycles. The number of hydrogen-bond acceptors (Lipinski definition) is 3. The Bertz CT molecular complexity index is 527. The van der Waals surface area contributed by atoms with Crippen LogP contribution in [0.5, 0.6) is 0 Å². The van der Waals surface area contributed by atoms with E-state index in [2.05, 4.69) is 17.2 Å². The van der Waals surface area contributed by atoms with Crippen LogP contribution in [0.25, 0.3) is 0 Å². The number of rotatable bonds is 5. The minimum atomic E-state index is -0.236. The summed E-state index contributed by atoms with van der Waals surface area (Å²) in [5, 5.41) is 4.75. The first-order valence-electron chi connectivity index (χ1n) is 5.77. The van der Waals surface area contributed by atoms with E-state index in [4.69, 9.17) is 11.6 Å². The molecule has 2 aromatic rings. The zero-order chi connectivity index (χ0) is 13.0. The van der Waals surface area contributed by atoms with Crippen molar-refractivity contribution >= 4 is 22.9 Å². The zero-order valence-electron chi connectivity index (χ0n) is 10.0. The fourth-order valence-corrected chi connectivity index (χ4v) is 2.60. The third-order valence-corrected chi connectivity index (χ3v) is 3.93. The van der Waals surface area contributed by atoms with E-state index in [1.54, 1.807) is 23.5 Å². The molecule has 0 aliphatic rings. The first kappa shape index (κ1) is 13.5. The molecule has 1 heterocycles. The Labute approximate surface area is 115 Å². The van der Waals surface area contributed by atoms with Crippen molar-refractivity contribution < 1.29 is 4.39 Å². The molecule has 0 saturated carbocycles. The lowest BCUT2D eigenvalue weighted by Gasteiger charge is -2.04. The van der Waals surface area contributed by atoms with Crippen LogP contribution in [0.3, 0.4) is 0 Å². The molecular weight excluding hydrogens is 271 g/mol. The first-order valence-corrected chi connectivity index (χ1v) is 6.96. The molecule has 0 unspecified atom stereocenters. The van der Waals surface area contributed by atoms with E-state index in [0.29, 0.717) is 23.7 Å². The third kappa shape index (κ3) is 3.51. The molecule has 2 nitrogen and oxygen atoms in total. The number of aromatic nitrogens is 1. The molecule has 0 aliphatic heterocycles. The van der Waals surface area contributed by atoms with Crippen LogP contribution in [-0.2, 0) is 19.5 Å². The first-order chi connectivity index (χ1) is 8.69. The highest BCUT2D eigenvalue weighted by Gasteiger charge is 2.04. The summed E-state index contributed by atoms with van der Waals surface area (Å²) in [6.07, 6.45) is 2.89. The van der Waals surface area contributed by atoms with Crippen molar-refractivity contribution in [2.24, 2.45) is 0 Å². The van der Waals surface area contributed by atoms with Gasteiger partial charge in [0.15, 0.2) is 0 Å². The molecule has 1 N–H and O–H groups in total. The van der Waals surface area contributed by atoms with Crippen LogP contribution < -0.4 is 5.32 Å². The number of nitrogens with one attached hydrogen (secondary N) is 1. The maximum absolute atomic E-state index is 13.4. The van der Waals surface area contributed by atoms with Gasteiger partial charge in [0.2, 0.25) is 0 Å². The number of thiazole rings is 1. The number of benzene rings is 1. The van der Waals surface area contributed by atoms with E-state index in [0.717, 1.165) is 11.4 Å². The molecule has 1 aromatic carbocycles. The summed E-state index contributed by atoms with van der Waals surface area (Å²) in [7, 11) is 0. The van der Waals surface area contributed by atoms with Gasteiger partial charge in [-0.15, -0.1) is 11.3 Å². The molecule has 0 fully saturated rings. The molecule has 0 spiro atoms. The lowest BCUT2D eigenvalue weighted by atomic mass is 10.2. The minimum absolute atomic E-state index is 0.236. The van der Waals surface area contributed by atoms with E-state index < -0.39 is 0 Å². The molecule has 0 bridgehead atoms. The monoisotopic (exact) mass is 284 g/mol. The van der Waals surface area contributed by atoms with Gasteiger partial charge in [-0.05, 0) is 24.6 Å². The Balaban J connectivity index is 1.90. The van der Waals surface area contributed by atoms with Gasteiger partial charge < -0.3 is 5.32 Å². The number of hydrogen-bond donors (Lipinski definition) is 1. The van der Waals surface area contributed by atoms with E-state index in [1.165, 1.54) is 10.9 Å². The van der Waals surface area contributed by atoms with E-state index in [9.17, 15) is 4.39 Å². The van der Waals surface area contributed by atoms with Crippen molar-refractivity contribution in [1.29, 1.82) is 0 Å². The van der Waals surface area contributed by atoms with Crippen LogP contribution in [-0.4, -0.2) is 4.98 Å². The van der Waals surface area contributed by atoms with Gasteiger partial charge >= 0.3 is 0 Å². The summed E-state index contributed by atoms with van der Waals surface area (Å²) in [4.78, 5) is 5.56. The number of halogens is 2. The maximum atomic E-state index is 13.4. The molecule has 1 aromatic heterocycles. The van der Waals surface area contributed by atoms with Gasteiger partial charge in [0, 0.05) is 34.7 Å². The predicted octanol–water partition coefficient (Wildman–Crippen LogP) is 3.79. The van der Waals surface area contributed by atoms with Gasteiger partial charge in [0.25, 0.3) is 0 Å². The molecule has 0 atom stereocenters. The van der Waals surface area contributed by atoms with Crippen molar-refractivity contribution in [2.45, 2.75) is 26.4 Å². The molecule has 18 heavy (non-hydrogen) atoms. The Morgan fingerprint density at radius 3 is 2.94 bits per heavy atom. The van der Waals surface area contributed by atoms with Crippen molar-refractivity contribution in [3.63, 3.8) is 0 Å². The lowest BCUT2D eigenvalue weighted by Crippen LogP contribution is -2.13. The average Bonchev–Trinajstić information content (AvgIpc) is 2.81. The second-order valence-corrected chi connectivity index (χ2v) is 5.55. The van der Waals surface area contributed by atoms with Crippen LogP contribution in [0.4, 0.5) is 4.39 Å². The summed E-state index contributed by atoms with van der Waals surface area (Å²) in [5.74, 6) is -0.236. The van der Waals surface area contributed by atoms with Crippen LogP contribution in [0.1, 0.15) is 22.4 Å². The predicted molar refractivity (Wildman–Crippen MR) is 73.4 cm³/mol. The Morgan fingerprint density at radius 1 is 1.39 bits per heavy atom. The molecule has 96 valence electrons. The van der Waals surface area contributed by atoms with Crippen LogP contribution >= 0.6 is 22.9 Å².